The molecule has 2 aromatic rings. The van der Waals surface area contributed by atoms with Gasteiger partial charge in [-0.2, -0.15) is 0 Å². The van der Waals surface area contributed by atoms with Gasteiger partial charge < -0.3 is 18.8 Å². The van der Waals surface area contributed by atoms with Crippen LogP contribution in [-0.4, -0.2) is 72.4 Å². The van der Waals surface area contributed by atoms with Gasteiger partial charge in [-0.05, 0) is 13.3 Å². The molecule has 0 radical (unpaired) electrons. The summed E-state index contributed by atoms with van der Waals surface area (Å²) in [5.41, 5.74) is 0. The average molecular weight is 460 g/mol. The van der Waals surface area contributed by atoms with Gasteiger partial charge in [0.2, 0.25) is 0 Å². The van der Waals surface area contributed by atoms with Crippen LogP contribution in [0.15, 0.2) is 12.4 Å². The summed E-state index contributed by atoms with van der Waals surface area (Å²) in [6.45, 7) is 3.66. The molecule has 0 amide bonds. The summed E-state index contributed by atoms with van der Waals surface area (Å²) in [6.07, 6.45) is 2.80. The van der Waals surface area contributed by atoms with Crippen LogP contribution in [0, 0.1) is 0 Å². The van der Waals surface area contributed by atoms with Gasteiger partial charge in [-0.1, -0.05) is 11.6 Å². The number of nitrogens with zero attached hydrogens (tertiary/aromatic N) is 5. The monoisotopic (exact) mass is 459 g/mol. The number of rotatable bonds is 10. The summed E-state index contributed by atoms with van der Waals surface area (Å²) in [5.74, 6) is 1.16. The van der Waals surface area contributed by atoms with Gasteiger partial charge in [0.15, 0.2) is 15.7 Å². The molecule has 1 aliphatic heterocycles. The van der Waals surface area contributed by atoms with Crippen LogP contribution in [0.25, 0.3) is 0 Å². The van der Waals surface area contributed by atoms with Gasteiger partial charge in [-0.3, -0.25) is 0 Å². The van der Waals surface area contributed by atoms with Gasteiger partial charge in [-0.25, -0.2) is 18.4 Å². The zero-order chi connectivity index (χ0) is 21.7. The summed E-state index contributed by atoms with van der Waals surface area (Å²) in [7, 11) is -0.656. The van der Waals surface area contributed by atoms with E-state index in [1.165, 1.54) is 19.5 Å². The van der Waals surface area contributed by atoms with Crippen molar-refractivity contribution in [2.45, 2.75) is 42.9 Å². The quantitative estimate of drug-likeness (QED) is 0.521. The Morgan fingerprint density at radius 2 is 2.03 bits per heavy atom. The minimum atomic E-state index is -3.67. The molecule has 0 saturated carbocycles. The van der Waals surface area contributed by atoms with Crippen LogP contribution >= 0.6 is 11.6 Å². The molecule has 0 aromatic carbocycles. The molecule has 30 heavy (non-hydrogen) atoms. The highest BCUT2D eigenvalue weighted by atomic mass is 35.5. The van der Waals surface area contributed by atoms with E-state index in [-0.39, 0.29) is 17.5 Å². The van der Waals surface area contributed by atoms with Gasteiger partial charge in [0.1, 0.15) is 23.5 Å². The molecule has 3 rings (SSSR count). The van der Waals surface area contributed by atoms with Crippen LogP contribution in [0.5, 0.6) is 0 Å². The minimum absolute atomic E-state index is 0.0948. The van der Waals surface area contributed by atoms with Crippen molar-refractivity contribution in [3.8, 4) is 0 Å². The van der Waals surface area contributed by atoms with E-state index in [9.17, 15) is 8.42 Å². The van der Waals surface area contributed by atoms with Crippen LogP contribution in [0.4, 0.5) is 0 Å². The zero-order valence-corrected chi connectivity index (χ0v) is 18.8. The van der Waals surface area contributed by atoms with Crippen molar-refractivity contribution in [2.75, 3.05) is 34.0 Å². The fraction of sp³-hybridized carbons (Fsp3) is 0.667. The fourth-order valence-corrected chi connectivity index (χ4v) is 4.94. The summed E-state index contributed by atoms with van der Waals surface area (Å²) < 4.78 is 44.3. The Hall–Kier alpha value is -1.66. The van der Waals surface area contributed by atoms with Crippen molar-refractivity contribution in [3.05, 3.63) is 34.9 Å². The topological polar surface area (TPSA) is 118 Å². The highest BCUT2D eigenvalue weighted by Gasteiger charge is 2.35. The number of halogens is 1. The maximum Gasteiger partial charge on any atom is 0.163 e. The van der Waals surface area contributed by atoms with Crippen LogP contribution in [0.3, 0.4) is 0 Å². The van der Waals surface area contributed by atoms with E-state index in [0.717, 1.165) is 12.2 Å². The molecule has 0 spiro atoms. The second-order valence-electron chi connectivity index (χ2n) is 7.11. The maximum atomic E-state index is 13.2. The van der Waals surface area contributed by atoms with Crippen molar-refractivity contribution in [2.24, 2.45) is 0 Å². The second-order valence-corrected chi connectivity index (χ2v) is 9.90. The largest absolute Gasteiger partial charge is 0.383 e. The molecule has 0 bridgehead atoms. The molecule has 2 aromatic heterocycles. The van der Waals surface area contributed by atoms with Gasteiger partial charge in [0, 0.05) is 45.7 Å². The third-order valence-corrected chi connectivity index (χ3v) is 7.38. The van der Waals surface area contributed by atoms with Crippen LogP contribution in [-0.2, 0) is 36.3 Å². The van der Waals surface area contributed by atoms with Crippen molar-refractivity contribution in [3.63, 3.8) is 0 Å². The molecule has 12 heteroatoms. The molecular formula is C18H26ClN5O5S. The highest BCUT2D eigenvalue weighted by Crippen LogP contribution is 2.28. The van der Waals surface area contributed by atoms with E-state index in [0.29, 0.717) is 37.2 Å². The van der Waals surface area contributed by atoms with Gasteiger partial charge in [-0.15, -0.1) is 10.2 Å². The molecule has 0 aliphatic carbocycles. The Morgan fingerprint density at radius 3 is 2.63 bits per heavy atom. The predicted molar refractivity (Wildman–Crippen MR) is 109 cm³/mol. The van der Waals surface area contributed by atoms with Crippen LogP contribution < -0.4 is 0 Å². The third kappa shape index (κ3) is 5.14. The van der Waals surface area contributed by atoms with E-state index >= 15 is 0 Å². The lowest BCUT2D eigenvalue weighted by atomic mass is 10.1. The van der Waals surface area contributed by atoms with Gasteiger partial charge in [0.25, 0.3) is 0 Å². The van der Waals surface area contributed by atoms with E-state index in [1.807, 2.05) is 4.57 Å². The van der Waals surface area contributed by atoms with Gasteiger partial charge in [0.05, 0.1) is 23.5 Å². The van der Waals surface area contributed by atoms with Crippen molar-refractivity contribution >= 4 is 21.4 Å². The van der Waals surface area contributed by atoms with Crippen molar-refractivity contribution < 1.29 is 22.6 Å². The third-order valence-electron chi connectivity index (χ3n) is 5.14. The lowest BCUT2D eigenvalue weighted by Gasteiger charge is -2.21. The van der Waals surface area contributed by atoms with Crippen molar-refractivity contribution in [1.82, 2.24) is 24.7 Å². The Labute approximate surface area is 180 Å². The molecule has 0 unspecified atom stereocenters. The minimum Gasteiger partial charge on any atom is -0.383 e. The van der Waals surface area contributed by atoms with E-state index in [4.69, 9.17) is 25.8 Å². The predicted octanol–water partition coefficient (Wildman–Crippen LogP) is 1.56. The molecule has 3 atom stereocenters. The number of aromatic nitrogens is 5. The smallest absolute Gasteiger partial charge is 0.163 e. The van der Waals surface area contributed by atoms with E-state index < -0.39 is 21.2 Å². The average Bonchev–Trinajstić information content (AvgIpc) is 3.38. The first-order valence-corrected chi connectivity index (χ1v) is 11.7. The fourth-order valence-electron chi connectivity index (χ4n) is 3.40. The first-order valence-electron chi connectivity index (χ1n) is 9.57. The summed E-state index contributed by atoms with van der Waals surface area (Å²) in [5, 5.41) is 7.91. The molecule has 1 fully saturated rings. The first kappa shape index (κ1) is 23.0. The SMILES string of the molecule is COCCn1c(CS(=O)(=O)[C@@H](C)[C@H](OC)c2ncc(Cl)cn2)nnc1[C@@H]1CCOC1. The highest BCUT2D eigenvalue weighted by molar-refractivity contribution is 7.91. The first-order chi connectivity index (χ1) is 14.4. The van der Waals surface area contributed by atoms with Crippen molar-refractivity contribution in [1.29, 1.82) is 0 Å². The molecule has 1 aliphatic rings. The lowest BCUT2D eigenvalue weighted by molar-refractivity contribution is 0.0948. The number of methoxy groups -OCH3 is 2. The molecule has 3 heterocycles. The van der Waals surface area contributed by atoms with Gasteiger partial charge >= 0.3 is 0 Å². The molecule has 10 nitrogen and oxygen atoms in total. The Morgan fingerprint density at radius 1 is 1.30 bits per heavy atom. The van der Waals surface area contributed by atoms with E-state index in [1.54, 1.807) is 14.0 Å². The zero-order valence-electron chi connectivity index (χ0n) is 17.2. The summed E-state index contributed by atoms with van der Waals surface area (Å²) in [4.78, 5) is 8.22. The molecular weight excluding hydrogens is 434 g/mol. The molecule has 1 saturated heterocycles. The summed E-state index contributed by atoms with van der Waals surface area (Å²) >= 11 is 5.83. The lowest BCUT2D eigenvalue weighted by Crippen LogP contribution is -2.30. The standard InChI is InChI=1S/C18H26ClN5O5S/c1-12(16(28-3)17-20-8-14(19)9-21-17)30(25,26)11-15-22-23-18(13-4-6-29-10-13)24(15)5-7-27-2/h8-9,12-13,16H,4-7,10-11H2,1-3H3/t12-,13+,16-/m0/s1. The number of ether oxygens (including phenoxy) is 3. The molecule has 166 valence electrons. The van der Waals surface area contributed by atoms with Crippen LogP contribution in [0.2, 0.25) is 5.02 Å². The Kier molecular flexibility index (Phi) is 7.75. The summed E-state index contributed by atoms with van der Waals surface area (Å²) in [6, 6.07) is 0. The van der Waals surface area contributed by atoms with Crippen LogP contribution in [0.1, 0.15) is 42.8 Å². The number of sulfone groups is 1. The number of hydrogen-bond donors (Lipinski definition) is 0. The molecule has 0 N–H and O–H groups in total. The number of hydrogen-bond acceptors (Lipinski definition) is 9. The maximum absolute atomic E-state index is 13.2. The second kappa shape index (κ2) is 10.1. The Bertz CT molecular complexity index is 931. The van der Waals surface area contributed by atoms with E-state index in [2.05, 4.69) is 20.2 Å². The normalized spacial score (nSPS) is 19.1. The Balaban J connectivity index is 1.85.